The molecule has 0 aliphatic rings. The van der Waals surface area contributed by atoms with Gasteiger partial charge >= 0.3 is 44.1 Å². The molecule has 0 aromatic rings. The van der Waals surface area contributed by atoms with Gasteiger partial charge in [-0.2, -0.15) is 0 Å². The van der Waals surface area contributed by atoms with E-state index in [0.29, 0.717) is 0 Å². The minimum atomic E-state index is 0. The molecule has 0 aromatic carbocycles. The van der Waals surface area contributed by atoms with Crippen molar-refractivity contribution in [3.63, 3.8) is 0 Å². The third kappa shape index (κ3) is 9.16. The smallest absolute Gasteiger partial charge is 1.00 e. The molecule has 0 N–H and O–H groups in total. The van der Waals surface area contributed by atoms with Gasteiger partial charge in [0.25, 0.3) is 0 Å². The van der Waals surface area contributed by atoms with Crippen LogP contribution in [0.25, 0.3) is 0 Å². The maximum atomic E-state index is 0. The van der Waals surface area contributed by atoms with E-state index >= 15 is 0 Å². The van der Waals surface area contributed by atoms with E-state index in [0.717, 1.165) is 0 Å². The van der Waals surface area contributed by atoms with Crippen LogP contribution in [0.5, 0.6) is 0 Å². The molecular formula is AcI3. The van der Waals surface area contributed by atoms with E-state index in [1.165, 1.54) is 0 Å². The van der Waals surface area contributed by atoms with E-state index < -0.39 is 0 Å². The first kappa shape index (κ1) is 25.4. The molecule has 0 aromatic heterocycles. The zero-order chi connectivity index (χ0) is 0. The van der Waals surface area contributed by atoms with E-state index in [2.05, 4.69) is 0 Å². The summed E-state index contributed by atoms with van der Waals surface area (Å²) in [5, 5.41) is 0. The van der Waals surface area contributed by atoms with Crippen molar-refractivity contribution in [2.45, 2.75) is 0 Å². The second-order valence-electron chi connectivity index (χ2n) is 0. The van der Waals surface area contributed by atoms with Crippen LogP contribution in [0, 0.1) is 44.1 Å². The van der Waals surface area contributed by atoms with Crippen molar-refractivity contribution in [3.05, 3.63) is 0 Å². The zero-order valence-electron chi connectivity index (χ0n) is 1.71. The zero-order valence-corrected chi connectivity index (χ0v) is 12.9. The van der Waals surface area contributed by atoms with Crippen LogP contribution in [0.15, 0.2) is 0 Å². The summed E-state index contributed by atoms with van der Waals surface area (Å²) >= 11 is 0. The number of hydrogen-bond acceptors (Lipinski definition) is 0. The Morgan fingerprint density at radius 2 is 0.500 bits per heavy atom. The first-order valence-electron chi connectivity index (χ1n) is 0. The molecule has 4 heteroatoms. The van der Waals surface area contributed by atoms with Crippen LogP contribution in [0.4, 0.5) is 0 Å². The molecule has 0 unspecified atom stereocenters. The fourth-order valence-corrected chi connectivity index (χ4v) is 0. The molecule has 0 saturated carbocycles. The largest absolute Gasteiger partial charge is 3.00 e. The average Bonchev–Trinajstić information content (AvgIpc) is 0. The van der Waals surface area contributed by atoms with Crippen LogP contribution in [0.1, 0.15) is 0 Å². The Kier molecular flexibility index (Phi) is 101. The van der Waals surface area contributed by atoms with Crippen molar-refractivity contribution in [1.82, 2.24) is 0 Å². The summed E-state index contributed by atoms with van der Waals surface area (Å²) in [7, 11) is 0. The van der Waals surface area contributed by atoms with Gasteiger partial charge in [0.2, 0.25) is 0 Å². The Morgan fingerprint density at radius 1 is 0.500 bits per heavy atom. The minimum Gasteiger partial charge on any atom is -1.00 e. The van der Waals surface area contributed by atoms with Crippen molar-refractivity contribution >= 4 is 0 Å². The summed E-state index contributed by atoms with van der Waals surface area (Å²) in [6.07, 6.45) is 0. The van der Waals surface area contributed by atoms with Crippen LogP contribution in [-0.2, 0) is 0 Å². The molecule has 0 fully saturated rings. The Hall–Kier alpha value is 3.63. The van der Waals surface area contributed by atoms with Gasteiger partial charge in [-0.1, -0.05) is 0 Å². The molecule has 4 heavy (non-hydrogen) atoms. The molecule has 0 bridgehead atoms. The van der Waals surface area contributed by atoms with Crippen molar-refractivity contribution in [2.75, 3.05) is 0 Å². The molecule has 0 aliphatic heterocycles. The first-order valence-corrected chi connectivity index (χ1v) is 0. The maximum Gasteiger partial charge on any atom is 3.00 e. The summed E-state index contributed by atoms with van der Waals surface area (Å²) in [6, 6.07) is 0. The Labute approximate surface area is 113 Å². The fraction of sp³-hybridized carbons (Fsp3) is 0. The van der Waals surface area contributed by atoms with Gasteiger partial charge in [-0.3, -0.25) is 0 Å². The molecule has 0 atom stereocenters. The summed E-state index contributed by atoms with van der Waals surface area (Å²) < 4.78 is 0. The van der Waals surface area contributed by atoms with Crippen LogP contribution in [0.3, 0.4) is 0 Å². The monoisotopic (exact) mass is 608 g/mol. The number of hydrogen-bond donors (Lipinski definition) is 0. The summed E-state index contributed by atoms with van der Waals surface area (Å²) in [6.45, 7) is 0. The van der Waals surface area contributed by atoms with Crippen LogP contribution >= 0.6 is 0 Å². The van der Waals surface area contributed by atoms with E-state index in [4.69, 9.17) is 0 Å². The predicted molar refractivity (Wildman–Crippen MR) is 0 cm³/mol. The van der Waals surface area contributed by atoms with Crippen molar-refractivity contribution < 1.29 is 116 Å². The Balaban J connectivity index is 0. The van der Waals surface area contributed by atoms with Crippen LogP contribution in [0.2, 0.25) is 0 Å². The number of halogens is 3. The third-order valence-electron chi connectivity index (χ3n) is 0. The van der Waals surface area contributed by atoms with Gasteiger partial charge in [-0.25, -0.2) is 0 Å². The Bertz CT molecular complexity index is 3.25. The summed E-state index contributed by atoms with van der Waals surface area (Å²) in [5.41, 5.74) is 0. The Morgan fingerprint density at radius 3 is 0.500 bits per heavy atom. The normalized spacial score (nSPS) is 0. The molecule has 0 spiro atoms. The molecule has 0 nitrogen and oxygen atoms in total. The first-order chi connectivity index (χ1) is 0. The topological polar surface area (TPSA) is 0 Å². The van der Waals surface area contributed by atoms with Crippen molar-refractivity contribution in [2.24, 2.45) is 0 Å². The molecule has 0 rings (SSSR count). The molecule has 24 valence electrons. The molecule has 0 heterocycles. The van der Waals surface area contributed by atoms with Crippen LogP contribution < -0.4 is 71.9 Å². The van der Waals surface area contributed by atoms with Gasteiger partial charge in [0.05, 0.1) is 0 Å². The van der Waals surface area contributed by atoms with Gasteiger partial charge in [0.15, 0.2) is 0 Å². The van der Waals surface area contributed by atoms with E-state index in [1.54, 1.807) is 0 Å². The van der Waals surface area contributed by atoms with E-state index in [-0.39, 0.29) is 116 Å². The molecule has 0 amide bonds. The van der Waals surface area contributed by atoms with Gasteiger partial charge in [-0.15, -0.1) is 0 Å². The average molecular weight is 608 g/mol. The predicted octanol–water partition coefficient (Wildman–Crippen LogP) is -8.99. The molecule has 0 saturated heterocycles. The third-order valence-corrected chi connectivity index (χ3v) is 0. The van der Waals surface area contributed by atoms with Gasteiger partial charge in [0, 0.05) is 0 Å². The molecule has 0 aliphatic carbocycles. The van der Waals surface area contributed by atoms with E-state index in [9.17, 15) is 0 Å². The second-order valence-corrected chi connectivity index (χ2v) is 0. The van der Waals surface area contributed by atoms with Gasteiger partial charge in [0.1, 0.15) is 0 Å². The number of rotatable bonds is 0. The second kappa shape index (κ2) is 15.9. The van der Waals surface area contributed by atoms with Gasteiger partial charge < -0.3 is 71.9 Å². The maximum absolute atomic E-state index is 0. The fourth-order valence-electron chi connectivity index (χ4n) is 0. The summed E-state index contributed by atoms with van der Waals surface area (Å²) in [5.74, 6) is 0. The molecular weight excluding hydrogens is 608 g/mol. The minimum absolute atomic E-state index is 0. The standard InChI is InChI=1S/Ac.3HI/h;3*1H/q+3;;;/p-3. The summed E-state index contributed by atoms with van der Waals surface area (Å²) in [4.78, 5) is 0. The SMILES string of the molecule is [Ac+3].[I-].[I-].[I-]. The quantitative estimate of drug-likeness (QED) is 0.240. The van der Waals surface area contributed by atoms with Crippen molar-refractivity contribution in [3.8, 4) is 0 Å². The van der Waals surface area contributed by atoms with E-state index in [1.807, 2.05) is 0 Å². The van der Waals surface area contributed by atoms with Crippen molar-refractivity contribution in [1.29, 1.82) is 0 Å². The van der Waals surface area contributed by atoms with Crippen LogP contribution in [-0.4, -0.2) is 0 Å². The molecule has 0 radical (unpaired) electrons. The van der Waals surface area contributed by atoms with Gasteiger partial charge in [-0.05, 0) is 0 Å².